The average Bonchev–Trinajstić information content (AvgIpc) is 2.93. The Morgan fingerprint density at radius 2 is 1.05 bits per heavy atom. The Labute approximate surface area is 117 Å². The van der Waals surface area contributed by atoms with Crippen molar-refractivity contribution in [3.05, 3.63) is 48.5 Å². The van der Waals surface area contributed by atoms with Gasteiger partial charge in [0.25, 0.3) is 0 Å². The molecule has 4 rings (SSSR count). The first-order valence-electron chi connectivity index (χ1n) is 6.85. The molecule has 20 heavy (non-hydrogen) atoms. The van der Waals surface area contributed by atoms with E-state index in [1.54, 1.807) is 0 Å². The molecule has 4 nitrogen and oxygen atoms in total. The molecule has 2 aliphatic rings. The minimum absolute atomic E-state index is 0.614. The summed E-state index contributed by atoms with van der Waals surface area (Å²) in [4.78, 5) is 0. The molecule has 0 fully saturated rings. The summed E-state index contributed by atoms with van der Waals surface area (Å²) in [5, 5.41) is 0. The Hall–Kier alpha value is -2.14. The van der Waals surface area contributed by atoms with Crippen molar-refractivity contribution in [2.75, 3.05) is 0 Å². The summed E-state index contributed by atoms with van der Waals surface area (Å²) in [5.74, 6) is 2.79. The van der Waals surface area contributed by atoms with Crippen LogP contribution in [0.2, 0.25) is 6.04 Å². The van der Waals surface area contributed by atoms with Crippen LogP contribution in [0.5, 0.6) is 23.0 Å². The summed E-state index contributed by atoms with van der Waals surface area (Å²) in [5.41, 5.74) is 0. The molecule has 2 aromatic carbocycles. The fourth-order valence-corrected chi connectivity index (χ4v) is 6.67. The molecule has 0 saturated heterocycles. The Morgan fingerprint density at radius 3 is 1.35 bits per heavy atom. The van der Waals surface area contributed by atoms with Gasteiger partial charge in [-0.2, -0.15) is 0 Å². The van der Waals surface area contributed by atoms with Crippen molar-refractivity contribution in [1.29, 1.82) is 0 Å². The van der Waals surface area contributed by atoms with E-state index < -0.39 is 8.33 Å². The first-order valence-corrected chi connectivity index (χ1v) is 9.19. The van der Waals surface area contributed by atoms with Crippen LogP contribution in [0, 0.1) is 0 Å². The zero-order valence-electron chi connectivity index (χ0n) is 11.2. The van der Waals surface area contributed by atoms with Crippen LogP contribution in [-0.4, -0.2) is 8.33 Å². The second-order valence-corrected chi connectivity index (χ2v) is 8.60. The molecule has 2 heterocycles. The van der Waals surface area contributed by atoms with Gasteiger partial charge in [-0.15, -0.1) is 0 Å². The summed E-state index contributed by atoms with van der Waals surface area (Å²) >= 11 is 0. The third-order valence-corrected chi connectivity index (χ3v) is 7.36. The fourth-order valence-electron chi connectivity index (χ4n) is 2.82. The van der Waals surface area contributed by atoms with E-state index >= 15 is 0 Å². The SMILES string of the molecule is CCC[Si-]12(Oc3ccccc3O1)Oc1ccccc1O2. The molecule has 0 atom stereocenters. The van der Waals surface area contributed by atoms with E-state index in [0.717, 1.165) is 6.42 Å². The van der Waals surface area contributed by atoms with Gasteiger partial charge in [-0.25, -0.2) is 0 Å². The number of hydrogen-bond acceptors (Lipinski definition) is 4. The Bertz CT molecular complexity index is 572. The van der Waals surface area contributed by atoms with Gasteiger partial charge in [-0.3, -0.25) is 0 Å². The normalized spacial score (nSPS) is 21.4. The van der Waals surface area contributed by atoms with Crippen LogP contribution >= 0.6 is 0 Å². The summed E-state index contributed by atoms with van der Waals surface area (Å²) < 4.78 is 24.6. The average molecular weight is 287 g/mol. The van der Waals surface area contributed by atoms with Gasteiger partial charge in [-0.1, -0.05) is 0 Å². The molecule has 0 aliphatic carbocycles. The zero-order chi connectivity index (χ0) is 13.7. The molecular weight excluding hydrogens is 272 g/mol. The molecule has 0 N–H and O–H groups in total. The summed E-state index contributed by atoms with van der Waals surface area (Å²) in [6, 6.07) is 15.8. The molecule has 5 heteroatoms. The molecule has 104 valence electrons. The number of rotatable bonds is 2. The van der Waals surface area contributed by atoms with E-state index in [0.29, 0.717) is 29.0 Å². The number of benzene rings is 2. The van der Waals surface area contributed by atoms with Crippen LogP contribution in [0.15, 0.2) is 48.5 Å². The second-order valence-electron chi connectivity index (χ2n) is 5.13. The third kappa shape index (κ3) is 1.47. The Kier molecular flexibility index (Phi) is 2.16. The van der Waals surface area contributed by atoms with Crippen LogP contribution < -0.4 is 17.7 Å². The quantitative estimate of drug-likeness (QED) is 0.789. The van der Waals surface area contributed by atoms with E-state index in [9.17, 15) is 0 Å². The molecule has 1 spiro atoms. The standard InChI is InChI=1S/C15H15O4Si/c1-2-11-20(16-12-7-3-4-8-13(12)17-20)18-14-9-5-6-10-15(14)19-20/h3-10H,2,11H2,1H3/q-1. The minimum atomic E-state index is -3.91. The maximum atomic E-state index is 6.15. The Morgan fingerprint density at radius 1 is 0.700 bits per heavy atom. The molecule has 0 saturated carbocycles. The maximum absolute atomic E-state index is 6.15. The predicted octanol–water partition coefficient (Wildman–Crippen LogP) is 3.73. The zero-order valence-corrected chi connectivity index (χ0v) is 12.2. The topological polar surface area (TPSA) is 36.9 Å². The van der Waals surface area contributed by atoms with Gasteiger partial charge in [0, 0.05) is 0 Å². The molecule has 2 aromatic rings. The molecule has 0 bridgehead atoms. The van der Waals surface area contributed by atoms with Crippen molar-refractivity contribution in [3.63, 3.8) is 0 Å². The van der Waals surface area contributed by atoms with Crippen LogP contribution in [0.4, 0.5) is 0 Å². The fraction of sp³-hybridized carbons (Fsp3) is 0.200. The van der Waals surface area contributed by atoms with Gasteiger partial charge < -0.3 is 0 Å². The monoisotopic (exact) mass is 287 g/mol. The van der Waals surface area contributed by atoms with Crippen molar-refractivity contribution < 1.29 is 17.7 Å². The summed E-state index contributed by atoms with van der Waals surface area (Å²) in [7, 11) is -3.91. The molecular formula is C15H15O4Si-. The van der Waals surface area contributed by atoms with Gasteiger partial charge in [-0.05, 0) is 0 Å². The van der Waals surface area contributed by atoms with E-state index in [1.807, 2.05) is 48.5 Å². The van der Waals surface area contributed by atoms with E-state index in [1.165, 1.54) is 0 Å². The van der Waals surface area contributed by atoms with Crippen molar-refractivity contribution in [2.45, 2.75) is 19.4 Å². The first-order chi connectivity index (χ1) is 9.72. The molecule has 0 aromatic heterocycles. The van der Waals surface area contributed by atoms with Gasteiger partial charge >= 0.3 is 117 Å². The van der Waals surface area contributed by atoms with E-state index in [-0.39, 0.29) is 0 Å². The van der Waals surface area contributed by atoms with E-state index in [4.69, 9.17) is 17.7 Å². The Balaban J connectivity index is 1.82. The summed E-state index contributed by atoms with van der Waals surface area (Å²) in [6.07, 6.45) is 0.857. The van der Waals surface area contributed by atoms with Gasteiger partial charge in [0.15, 0.2) is 0 Å². The van der Waals surface area contributed by atoms with Crippen molar-refractivity contribution in [2.24, 2.45) is 0 Å². The molecule has 0 unspecified atom stereocenters. The number of hydrogen-bond donors (Lipinski definition) is 0. The van der Waals surface area contributed by atoms with Gasteiger partial charge in [0.05, 0.1) is 0 Å². The molecule has 0 radical (unpaired) electrons. The van der Waals surface area contributed by atoms with Crippen LogP contribution in [0.3, 0.4) is 0 Å². The van der Waals surface area contributed by atoms with Crippen molar-refractivity contribution >= 4 is 8.33 Å². The van der Waals surface area contributed by atoms with Crippen LogP contribution in [-0.2, 0) is 0 Å². The first kappa shape index (κ1) is 11.7. The second kappa shape index (κ2) is 3.70. The number of fused-ring (bicyclic) bond motifs is 2. The predicted molar refractivity (Wildman–Crippen MR) is 76.2 cm³/mol. The third-order valence-electron chi connectivity index (χ3n) is 3.59. The van der Waals surface area contributed by atoms with E-state index in [2.05, 4.69) is 6.92 Å². The van der Waals surface area contributed by atoms with Crippen molar-refractivity contribution in [3.8, 4) is 23.0 Å². The summed E-state index contributed by atoms with van der Waals surface area (Å²) in [6.45, 7) is 2.07. The van der Waals surface area contributed by atoms with Crippen molar-refractivity contribution in [1.82, 2.24) is 0 Å². The number of para-hydroxylation sites is 4. The van der Waals surface area contributed by atoms with Crippen LogP contribution in [0.1, 0.15) is 13.3 Å². The van der Waals surface area contributed by atoms with Gasteiger partial charge in [0.1, 0.15) is 0 Å². The molecule has 2 aliphatic heterocycles. The van der Waals surface area contributed by atoms with Gasteiger partial charge in [0.2, 0.25) is 0 Å². The van der Waals surface area contributed by atoms with Crippen LogP contribution in [0.25, 0.3) is 0 Å². The molecule has 0 amide bonds.